The maximum Gasteiger partial charge on any atom is 0.234 e. The molecular formula is C17H16Cl2N4OS2. The van der Waals surface area contributed by atoms with Crippen molar-refractivity contribution in [3.8, 4) is 0 Å². The molecule has 3 rings (SSSR count). The van der Waals surface area contributed by atoms with Crippen molar-refractivity contribution in [3.63, 3.8) is 0 Å². The molecule has 0 radical (unpaired) electrons. The summed E-state index contributed by atoms with van der Waals surface area (Å²) >= 11 is 15.1. The molecule has 26 heavy (non-hydrogen) atoms. The molecule has 0 spiro atoms. The van der Waals surface area contributed by atoms with E-state index in [4.69, 9.17) is 23.2 Å². The topological polar surface area (TPSA) is 59.8 Å². The van der Waals surface area contributed by atoms with Crippen LogP contribution in [-0.4, -0.2) is 26.4 Å². The maximum atomic E-state index is 12.2. The SMILES string of the molecule is CCn1c(Cc2cccs2)nnc1SCC(=O)Nc1cccc(Cl)c1Cl. The Balaban J connectivity index is 1.63. The second-order valence-electron chi connectivity index (χ2n) is 5.34. The number of thioether (sulfide) groups is 1. The van der Waals surface area contributed by atoms with Crippen molar-refractivity contribution in [3.05, 3.63) is 56.5 Å². The van der Waals surface area contributed by atoms with Crippen molar-refractivity contribution < 1.29 is 4.79 Å². The summed E-state index contributed by atoms with van der Waals surface area (Å²) in [4.78, 5) is 13.5. The number of carbonyl (C=O) groups is 1. The minimum atomic E-state index is -0.176. The minimum absolute atomic E-state index is 0.176. The third-order valence-electron chi connectivity index (χ3n) is 3.58. The van der Waals surface area contributed by atoms with E-state index in [-0.39, 0.29) is 11.7 Å². The molecule has 3 aromatic rings. The van der Waals surface area contributed by atoms with E-state index in [9.17, 15) is 4.79 Å². The van der Waals surface area contributed by atoms with E-state index in [0.717, 1.165) is 23.9 Å². The average Bonchev–Trinajstić information content (AvgIpc) is 3.27. The van der Waals surface area contributed by atoms with Crippen LogP contribution in [0.25, 0.3) is 0 Å². The molecule has 0 fully saturated rings. The summed E-state index contributed by atoms with van der Waals surface area (Å²) in [5, 5.41) is 14.8. The van der Waals surface area contributed by atoms with Gasteiger partial charge in [0.15, 0.2) is 5.16 Å². The highest BCUT2D eigenvalue weighted by molar-refractivity contribution is 7.99. The van der Waals surface area contributed by atoms with E-state index in [0.29, 0.717) is 15.7 Å². The fourth-order valence-corrected chi connectivity index (χ4v) is 4.23. The van der Waals surface area contributed by atoms with Crippen LogP contribution in [-0.2, 0) is 17.8 Å². The summed E-state index contributed by atoms with van der Waals surface area (Å²) in [7, 11) is 0. The summed E-state index contributed by atoms with van der Waals surface area (Å²) < 4.78 is 2.03. The van der Waals surface area contributed by atoms with Crippen LogP contribution < -0.4 is 5.32 Å². The number of thiophene rings is 1. The zero-order valence-corrected chi connectivity index (χ0v) is 17.1. The first-order chi connectivity index (χ1) is 12.6. The molecule has 9 heteroatoms. The second kappa shape index (κ2) is 8.90. The molecule has 0 saturated heterocycles. The third kappa shape index (κ3) is 4.59. The molecule has 136 valence electrons. The standard InChI is InChI=1S/C17H16Cl2N4OS2/c1-2-23-14(9-11-5-4-8-25-11)21-22-17(23)26-10-15(24)20-13-7-3-6-12(18)16(13)19/h3-8H,2,9-10H2,1H3,(H,20,24). The molecule has 0 unspecified atom stereocenters. The number of anilines is 1. The lowest BCUT2D eigenvalue weighted by molar-refractivity contribution is -0.113. The van der Waals surface area contributed by atoms with Crippen LogP contribution in [0, 0.1) is 0 Å². The van der Waals surface area contributed by atoms with Gasteiger partial charge < -0.3 is 9.88 Å². The fourth-order valence-electron chi connectivity index (χ4n) is 2.36. The molecular weight excluding hydrogens is 411 g/mol. The van der Waals surface area contributed by atoms with Crippen molar-refractivity contribution in [2.24, 2.45) is 0 Å². The van der Waals surface area contributed by atoms with Gasteiger partial charge in [-0.25, -0.2) is 0 Å². The summed E-state index contributed by atoms with van der Waals surface area (Å²) in [6.45, 7) is 2.79. The first-order valence-electron chi connectivity index (χ1n) is 7.89. The Morgan fingerprint density at radius 2 is 2.12 bits per heavy atom. The lowest BCUT2D eigenvalue weighted by atomic mass is 10.3. The van der Waals surface area contributed by atoms with E-state index < -0.39 is 0 Å². The lowest BCUT2D eigenvalue weighted by Crippen LogP contribution is -2.15. The predicted octanol–water partition coefficient (Wildman–Crippen LogP) is 4.99. The second-order valence-corrected chi connectivity index (χ2v) is 8.10. The van der Waals surface area contributed by atoms with E-state index in [2.05, 4.69) is 21.6 Å². The van der Waals surface area contributed by atoms with Crippen LogP contribution in [0.4, 0.5) is 5.69 Å². The quantitative estimate of drug-likeness (QED) is 0.540. The van der Waals surface area contributed by atoms with Gasteiger partial charge in [0, 0.05) is 17.8 Å². The number of aromatic nitrogens is 3. The molecule has 0 atom stereocenters. The lowest BCUT2D eigenvalue weighted by Gasteiger charge is -2.09. The Labute approximate surface area is 169 Å². The number of carbonyl (C=O) groups excluding carboxylic acids is 1. The van der Waals surface area contributed by atoms with Crippen molar-refractivity contribution >= 4 is 57.9 Å². The average molecular weight is 427 g/mol. The number of benzene rings is 1. The summed E-state index contributed by atoms with van der Waals surface area (Å²) in [5.74, 6) is 0.931. The van der Waals surface area contributed by atoms with Gasteiger partial charge in [0.1, 0.15) is 5.82 Å². The maximum absolute atomic E-state index is 12.2. The Bertz CT molecular complexity index is 896. The molecule has 0 aliphatic heterocycles. The van der Waals surface area contributed by atoms with Crippen LogP contribution in [0.2, 0.25) is 10.0 Å². The van der Waals surface area contributed by atoms with E-state index in [1.54, 1.807) is 29.5 Å². The van der Waals surface area contributed by atoms with Crippen LogP contribution in [0.15, 0.2) is 40.9 Å². The van der Waals surface area contributed by atoms with Gasteiger partial charge in [-0.15, -0.1) is 21.5 Å². The Morgan fingerprint density at radius 1 is 1.27 bits per heavy atom. The van der Waals surface area contributed by atoms with E-state index >= 15 is 0 Å². The normalized spacial score (nSPS) is 10.9. The van der Waals surface area contributed by atoms with Gasteiger partial charge in [-0.3, -0.25) is 4.79 Å². The number of rotatable bonds is 7. The first-order valence-corrected chi connectivity index (χ1v) is 10.5. The number of amides is 1. The van der Waals surface area contributed by atoms with Gasteiger partial charge in [0.25, 0.3) is 0 Å². The predicted molar refractivity (Wildman–Crippen MR) is 109 cm³/mol. The molecule has 0 saturated carbocycles. The molecule has 5 nitrogen and oxygen atoms in total. The largest absolute Gasteiger partial charge is 0.324 e. The number of hydrogen-bond donors (Lipinski definition) is 1. The molecule has 0 aliphatic carbocycles. The third-order valence-corrected chi connectivity index (χ3v) is 6.24. The molecule has 2 heterocycles. The Kier molecular flexibility index (Phi) is 6.58. The van der Waals surface area contributed by atoms with Crippen molar-refractivity contribution in [1.82, 2.24) is 14.8 Å². The minimum Gasteiger partial charge on any atom is -0.324 e. The smallest absolute Gasteiger partial charge is 0.234 e. The van der Waals surface area contributed by atoms with Crippen LogP contribution >= 0.6 is 46.3 Å². The number of nitrogens with zero attached hydrogens (tertiary/aromatic N) is 3. The van der Waals surface area contributed by atoms with Gasteiger partial charge in [-0.1, -0.05) is 47.1 Å². The molecule has 1 aromatic carbocycles. The van der Waals surface area contributed by atoms with E-state index in [1.807, 2.05) is 22.9 Å². The Morgan fingerprint density at radius 3 is 2.85 bits per heavy atom. The zero-order chi connectivity index (χ0) is 18.5. The highest BCUT2D eigenvalue weighted by Gasteiger charge is 2.15. The van der Waals surface area contributed by atoms with Crippen molar-refractivity contribution in [2.45, 2.75) is 25.0 Å². The molecule has 0 bridgehead atoms. The number of hydrogen-bond acceptors (Lipinski definition) is 5. The van der Waals surface area contributed by atoms with Crippen molar-refractivity contribution in [1.29, 1.82) is 0 Å². The molecule has 1 N–H and O–H groups in total. The highest BCUT2D eigenvalue weighted by Crippen LogP contribution is 2.29. The van der Waals surface area contributed by atoms with Crippen LogP contribution in [0.3, 0.4) is 0 Å². The molecule has 1 amide bonds. The summed E-state index contributed by atoms with van der Waals surface area (Å²) in [6.07, 6.45) is 0.739. The van der Waals surface area contributed by atoms with Gasteiger partial charge in [0.05, 0.1) is 21.5 Å². The summed E-state index contributed by atoms with van der Waals surface area (Å²) in [6, 6.07) is 9.22. The molecule has 0 aliphatic rings. The molecule has 2 aromatic heterocycles. The van der Waals surface area contributed by atoms with Crippen molar-refractivity contribution in [2.75, 3.05) is 11.1 Å². The van der Waals surface area contributed by atoms with Crippen LogP contribution in [0.1, 0.15) is 17.6 Å². The zero-order valence-electron chi connectivity index (χ0n) is 13.9. The number of halogens is 2. The van der Waals surface area contributed by atoms with Gasteiger partial charge in [-0.2, -0.15) is 0 Å². The first kappa shape index (κ1) is 19.2. The van der Waals surface area contributed by atoms with Gasteiger partial charge >= 0.3 is 0 Å². The van der Waals surface area contributed by atoms with Gasteiger partial charge in [-0.05, 0) is 30.5 Å². The Hall–Kier alpha value is -1.54. The van der Waals surface area contributed by atoms with Crippen LogP contribution in [0.5, 0.6) is 0 Å². The fraction of sp³-hybridized carbons (Fsp3) is 0.235. The monoisotopic (exact) mass is 426 g/mol. The number of nitrogens with one attached hydrogen (secondary N) is 1. The van der Waals surface area contributed by atoms with Gasteiger partial charge in [0.2, 0.25) is 5.91 Å². The highest BCUT2D eigenvalue weighted by atomic mass is 35.5. The van der Waals surface area contributed by atoms with E-state index in [1.165, 1.54) is 16.6 Å². The summed E-state index contributed by atoms with van der Waals surface area (Å²) in [5.41, 5.74) is 0.500.